The van der Waals surface area contributed by atoms with Gasteiger partial charge in [0.25, 0.3) is 0 Å². The standard InChI is InChI=1S/C16H18ClNO2S/c1-20-16(19)15-12-7-10-2-4-13(15)18(10)8-9(12)6-11-3-5-14(17)21-11/h3,5-6,10,12-13,15H,2,4,7-8H2,1H3/b9-6+/t10-,12-,13?,15?/m1/s1. The number of carbonyl (C=O) groups excluding carboxylic acids is 1. The molecule has 3 unspecified atom stereocenters. The van der Waals surface area contributed by atoms with Crippen molar-refractivity contribution in [2.24, 2.45) is 11.8 Å². The van der Waals surface area contributed by atoms with Gasteiger partial charge >= 0.3 is 5.97 Å². The topological polar surface area (TPSA) is 29.5 Å². The van der Waals surface area contributed by atoms with Crippen LogP contribution in [0.1, 0.15) is 24.1 Å². The number of carbonyl (C=O) groups is 1. The van der Waals surface area contributed by atoms with E-state index in [2.05, 4.69) is 17.0 Å². The molecule has 1 aromatic heterocycles. The fourth-order valence-corrected chi connectivity index (χ4v) is 5.51. The Hall–Kier alpha value is -0.840. The molecule has 0 aromatic carbocycles. The van der Waals surface area contributed by atoms with Gasteiger partial charge in [-0.15, -0.1) is 11.3 Å². The van der Waals surface area contributed by atoms with Crippen LogP contribution in [-0.2, 0) is 9.53 Å². The third kappa shape index (κ3) is 2.16. The number of halogens is 1. The highest BCUT2D eigenvalue weighted by Crippen LogP contribution is 2.51. The smallest absolute Gasteiger partial charge is 0.310 e. The maximum atomic E-state index is 12.3. The monoisotopic (exact) mass is 323 g/mol. The van der Waals surface area contributed by atoms with E-state index in [0.29, 0.717) is 18.0 Å². The lowest BCUT2D eigenvalue weighted by molar-refractivity contribution is -0.153. The van der Waals surface area contributed by atoms with Crippen molar-refractivity contribution in [2.75, 3.05) is 13.7 Å². The van der Waals surface area contributed by atoms with Crippen LogP contribution in [0.15, 0.2) is 17.7 Å². The molecule has 4 saturated heterocycles. The van der Waals surface area contributed by atoms with Gasteiger partial charge in [0.1, 0.15) is 0 Å². The fraction of sp³-hybridized carbons (Fsp3) is 0.562. The van der Waals surface area contributed by atoms with E-state index in [9.17, 15) is 4.79 Å². The molecule has 4 aliphatic heterocycles. The number of hydrogen-bond acceptors (Lipinski definition) is 4. The molecule has 4 aliphatic rings. The molecule has 4 fully saturated rings. The van der Waals surface area contributed by atoms with E-state index < -0.39 is 0 Å². The van der Waals surface area contributed by atoms with E-state index in [1.807, 2.05) is 6.07 Å². The molecule has 0 aliphatic carbocycles. The van der Waals surface area contributed by atoms with Crippen LogP contribution in [0.4, 0.5) is 0 Å². The molecule has 21 heavy (non-hydrogen) atoms. The largest absolute Gasteiger partial charge is 0.469 e. The number of methoxy groups -OCH3 is 1. The first kappa shape index (κ1) is 13.8. The normalized spacial score (nSPS) is 39.0. The summed E-state index contributed by atoms with van der Waals surface area (Å²) in [5.74, 6) is 0.329. The van der Waals surface area contributed by atoms with Crippen molar-refractivity contribution in [3.63, 3.8) is 0 Å². The quantitative estimate of drug-likeness (QED) is 0.781. The van der Waals surface area contributed by atoms with Crippen LogP contribution in [0.5, 0.6) is 0 Å². The molecule has 5 rings (SSSR count). The predicted octanol–water partition coefficient (Wildman–Crippen LogP) is 3.44. The number of ether oxygens (including phenoxy) is 1. The summed E-state index contributed by atoms with van der Waals surface area (Å²) in [4.78, 5) is 16.0. The minimum atomic E-state index is -0.0369. The number of fused-ring (bicyclic) bond motifs is 1. The van der Waals surface area contributed by atoms with Gasteiger partial charge in [0, 0.05) is 23.5 Å². The Kier molecular flexibility index (Phi) is 3.36. The van der Waals surface area contributed by atoms with Gasteiger partial charge in [0.05, 0.1) is 17.4 Å². The van der Waals surface area contributed by atoms with Gasteiger partial charge < -0.3 is 4.74 Å². The summed E-state index contributed by atoms with van der Waals surface area (Å²) in [6.07, 6.45) is 5.70. The number of piperidine rings is 3. The van der Waals surface area contributed by atoms with E-state index in [-0.39, 0.29) is 11.9 Å². The molecule has 0 radical (unpaired) electrons. The van der Waals surface area contributed by atoms with Crippen LogP contribution in [0, 0.1) is 11.8 Å². The number of esters is 1. The van der Waals surface area contributed by atoms with Gasteiger partial charge in [-0.25, -0.2) is 0 Å². The second-order valence-corrected chi connectivity index (χ2v) is 7.97. The average Bonchev–Trinajstić information content (AvgIpc) is 3.02. The lowest BCUT2D eigenvalue weighted by Gasteiger charge is -2.50. The van der Waals surface area contributed by atoms with E-state index in [4.69, 9.17) is 16.3 Å². The molecule has 1 aromatic rings. The molecule has 0 N–H and O–H groups in total. The molecule has 0 amide bonds. The van der Waals surface area contributed by atoms with E-state index in [1.165, 1.54) is 24.0 Å². The Bertz CT molecular complexity index is 611. The maximum absolute atomic E-state index is 12.3. The van der Waals surface area contributed by atoms with Crippen LogP contribution < -0.4 is 0 Å². The van der Waals surface area contributed by atoms with Crippen LogP contribution in [-0.4, -0.2) is 36.6 Å². The van der Waals surface area contributed by atoms with Gasteiger partial charge in [0.2, 0.25) is 0 Å². The van der Waals surface area contributed by atoms with Crippen LogP contribution in [0.25, 0.3) is 6.08 Å². The lowest BCUT2D eigenvalue weighted by Crippen LogP contribution is -2.58. The Morgan fingerprint density at radius 3 is 3.05 bits per heavy atom. The molecular weight excluding hydrogens is 306 g/mol. The lowest BCUT2D eigenvalue weighted by atomic mass is 9.71. The first-order chi connectivity index (χ1) is 10.2. The van der Waals surface area contributed by atoms with Gasteiger partial charge in [-0.3, -0.25) is 9.69 Å². The highest BCUT2D eigenvalue weighted by molar-refractivity contribution is 7.17. The molecular formula is C16H18ClNO2S. The molecule has 0 saturated carbocycles. The highest BCUT2D eigenvalue weighted by atomic mass is 35.5. The molecule has 3 nitrogen and oxygen atoms in total. The zero-order valence-electron chi connectivity index (χ0n) is 11.9. The minimum absolute atomic E-state index is 0.0178. The summed E-state index contributed by atoms with van der Waals surface area (Å²) >= 11 is 7.62. The zero-order valence-corrected chi connectivity index (χ0v) is 13.5. The third-order valence-corrected chi connectivity index (χ3v) is 6.48. The Labute approximate surface area is 133 Å². The van der Waals surface area contributed by atoms with Gasteiger partial charge in [-0.1, -0.05) is 17.2 Å². The van der Waals surface area contributed by atoms with Gasteiger partial charge in [-0.2, -0.15) is 0 Å². The molecule has 5 heteroatoms. The number of nitrogens with zero attached hydrogens (tertiary/aromatic N) is 1. The van der Waals surface area contributed by atoms with Crippen molar-refractivity contribution < 1.29 is 9.53 Å². The van der Waals surface area contributed by atoms with Crippen molar-refractivity contribution in [3.05, 3.63) is 26.9 Å². The van der Waals surface area contributed by atoms with E-state index >= 15 is 0 Å². The maximum Gasteiger partial charge on any atom is 0.310 e. The highest BCUT2D eigenvalue weighted by Gasteiger charge is 2.55. The van der Waals surface area contributed by atoms with Crippen molar-refractivity contribution in [1.82, 2.24) is 4.90 Å². The summed E-state index contributed by atoms with van der Waals surface area (Å²) in [7, 11) is 1.51. The molecule has 5 heterocycles. The molecule has 5 atom stereocenters. The zero-order chi connectivity index (χ0) is 14.6. The molecule has 0 spiro atoms. The summed E-state index contributed by atoms with van der Waals surface area (Å²) in [5, 5.41) is 0. The number of rotatable bonds is 2. The first-order valence-corrected chi connectivity index (χ1v) is 8.66. The van der Waals surface area contributed by atoms with Gasteiger partial charge in [-0.05, 0) is 43.4 Å². The first-order valence-electron chi connectivity index (χ1n) is 7.46. The van der Waals surface area contributed by atoms with Crippen LogP contribution in [0.2, 0.25) is 4.34 Å². The minimum Gasteiger partial charge on any atom is -0.469 e. The summed E-state index contributed by atoms with van der Waals surface area (Å²) < 4.78 is 5.90. The number of thiophene rings is 1. The fourth-order valence-electron chi connectivity index (χ4n) is 4.47. The van der Waals surface area contributed by atoms with Crippen molar-refractivity contribution in [1.29, 1.82) is 0 Å². The summed E-state index contributed by atoms with van der Waals surface area (Å²) in [6.45, 7) is 1.00. The number of hydrogen-bond donors (Lipinski definition) is 0. The van der Waals surface area contributed by atoms with E-state index in [1.54, 1.807) is 11.3 Å². The van der Waals surface area contributed by atoms with Crippen LogP contribution in [0.3, 0.4) is 0 Å². The molecule has 4 bridgehead atoms. The van der Waals surface area contributed by atoms with Crippen molar-refractivity contribution in [3.8, 4) is 0 Å². The average molecular weight is 324 g/mol. The van der Waals surface area contributed by atoms with Gasteiger partial charge in [0.15, 0.2) is 0 Å². The third-order valence-electron chi connectivity index (χ3n) is 5.30. The Balaban J connectivity index is 1.69. The van der Waals surface area contributed by atoms with Crippen LogP contribution >= 0.6 is 22.9 Å². The summed E-state index contributed by atoms with van der Waals surface area (Å²) in [6, 6.07) is 5.05. The van der Waals surface area contributed by atoms with E-state index in [0.717, 1.165) is 23.7 Å². The second kappa shape index (κ2) is 5.11. The predicted molar refractivity (Wildman–Crippen MR) is 84.4 cm³/mol. The van der Waals surface area contributed by atoms with Crippen molar-refractivity contribution >= 4 is 35.0 Å². The summed E-state index contributed by atoms with van der Waals surface area (Å²) in [5.41, 5.74) is 1.37. The van der Waals surface area contributed by atoms with Crippen molar-refractivity contribution in [2.45, 2.75) is 31.3 Å². The Morgan fingerprint density at radius 1 is 1.48 bits per heavy atom. The molecule has 112 valence electrons. The SMILES string of the molecule is COC(=O)C1C2CC[C@@H]3C[C@@H]1/C(=C/c1ccc(Cl)s1)CN23. The second-order valence-electron chi connectivity index (χ2n) is 6.22. The Morgan fingerprint density at radius 2 is 2.33 bits per heavy atom.